The Morgan fingerprint density at radius 1 is 1.33 bits per heavy atom. The van der Waals surface area contributed by atoms with Gasteiger partial charge in [0.2, 0.25) is 0 Å². The molecule has 0 heterocycles. The number of aliphatic hydroxyl groups is 1. The summed E-state index contributed by atoms with van der Waals surface area (Å²) in [6, 6.07) is 1.89. The van der Waals surface area contributed by atoms with E-state index in [4.69, 9.17) is 5.11 Å². The van der Waals surface area contributed by atoms with E-state index in [9.17, 15) is 22.4 Å². The van der Waals surface area contributed by atoms with Gasteiger partial charge in [0.1, 0.15) is 11.9 Å². The Balaban J connectivity index is 3.22. The van der Waals surface area contributed by atoms with Crippen LogP contribution in [0.4, 0.5) is 17.6 Å². The van der Waals surface area contributed by atoms with Crippen LogP contribution in [0, 0.1) is 5.82 Å². The first-order valence-electron chi connectivity index (χ1n) is 3.86. The molecule has 0 saturated heterocycles. The van der Waals surface area contributed by atoms with E-state index >= 15 is 0 Å². The minimum atomic E-state index is -4.84. The van der Waals surface area contributed by atoms with E-state index in [0.717, 1.165) is 6.07 Å². The van der Waals surface area contributed by atoms with Gasteiger partial charge in [0.15, 0.2) is 6.29 Å². The number of carbonyl (C=O) groups is 1. The highest BCUT2D eigenvalue weighted by Gasteiger charge is 2.34. The molecule has 0 bridgehead atoms. The summed E-state index contributed by atoms with van der Waals surface area (Å²) in [4.78, 5) is 10.1. The van der Waals surface area contributed by atoms with Crippen LogP contribution in [0.3, 0.4) is 0 Å². The molecule has 6 heteroatoms. The van der Waals surface area contributed by atoms with Crippen molar-refractivity contribution in [3.05, 3.63) is 35.1 Å². The van der Waals surface area contributed by atoms with Crippen LogP contribution in [0.15, 0.2) is 18.2 Å². The molecule has 1 atom stereocenters. The molecule has 82 valence electrons. The SMILES string of the molecule is O=CC(O)c1ccc(F)c(C(F)(F)F)c1. The lowest BCUT2D eigenvalue weighted by molar-refractivity contribution is -0.140. The van der Waals surface area contributed by atoms with Crippen molar-refractivity contribution in [2.45, 2.75) is 12.3 Å². The Labute approximate surface area is 82.1 Å². The molecule has 1 N–H and O–H groups in total. The second-order valence-electron chi connectivity index (χ2n) is 2.82. The first-order chi connectivity index (χ1) is 6.86. The summed E-state index contributed by atoms with van der Waals surface area (Å²) in [6.07, 6.45) is -6.46. The number of carbonyl (C=O) groups excluding carboxylic acids is 1. The predicted molar refractivity (Wildman–Crippen MR) is 42.4 cm³/mol. The Morgan fingerprint density at radius 3 is 2.40 bits per heavy atom. The van der Waals surface area contributed by atoms with Crippen LogP contribution in [0.25, 0.3) is 0 Å². The first-order valence-corrected chi connectivity index (χ1v) is 3.86. The largest absolute Gasteiger partial charge is 0.419 e. The highest BCUT2D eigenvalue weighted by Crippen LogP contribution is 2.32. The normalized spacial score (nSPS) is 13.7. The molecule has 0 radical (unpaired) electrons. The topological polar surface area (TPSA) is 37.3 Å². The van der Waals surface area contributed by atoms with Crippen molar-refractivity contribution in [1.82, 2.24) is 0 Å². The molecular formula is C9H6F4O2. The molecule has 0 aliphatic heterocycles. The number of hydrogen-bond donors (Lipinski definition) is 1. The molecule has 15 heavy (non-hydrogen) atoms. The summed E-state index contributed by atoms with van der Waals surface area (Å²) in [5.74, 6) is -1.44. The van der Waals surface area contributed by atoms with E-state index < -0.39 is 23.7 Å². The zero-order valence-corrected chi connectivity index (χ0v) is 7.25. The Bertz CT molecular complexity index is 373. The fraction of sp³-hybridized carbons (Fsp3) is 0.222. The Morgan fingerprint density at radius 2 is 1.93 bits per heavy atom. The quantitative estimate of drug-likeness (QED) is 0.614. The number of aliphatic hydroxyl groups excluding tert-OH is 1. The lowest BCUT2D eigenvalue weighted by Crippen LogP contribution is -2.10. The van der Waals surface area contributed by atoms with Gasteiger partial charge in [-0.2, -0.15) is 13.2 Å². The zero-order chi connectivity index (χ0) is 11.6. The van der Waals surface area contributed by atoms with Gasteiger partial charge >= 0.3 is 6.18 Å². The highest BCUT2D eigenvalue weighted by atomic mass is 19.4. The minimum absolute atomic E-state index is 0.0629. The molecule has 0 aliphatic rings. The van der Waals surface area contributed by atoms with Crippen molar-refractivity contribution in [3.63, 3.8) is 0 Å². The third-order valence-corrected chi connectivity index (χ3v) is 1.77. The molecule has 0 aliphatic carbocycles. The number of rotatable bonds is 2. The fourth-order valence-corrected chi connectivity index (χ4v) is 1.02. The predicted octanol–water partition coefficient (Wildman–Crippen LogP) is 2.08. The van der Waals surface area contributed by atoms with Crippen LogP contribution in [0.2, 0.25) is 0 Å². The van der Waals surface area contributed by atoms with E-state index in [1.165, 1.54) is 0 Å². The van der Waals surface area contributed by atoms with Gasteiger partial charge in [-0.25, -0.2) is 4.39 Å². The maximum atomic E-state index is 12.7. The lowest BCUT2D eigenvalue weighted by atomic mass is 10.1. The highest BCUT2D eigenvalue weighted by molar-refractivity contribution is 5.59. The lowest BCUT2D eigenvalue weighted by Gasteiger charge is -2.10. The van der Waals surface area contributed by atoms with Crippen molar-refractivity contribution >= 4 is 6.29 Å². The average Bonchev–Trinajstić information content (AvgIpc) is 2.15. The monoisotopic (exact) mass is 222 g/mol. The molecule has 0 aromatic heterocycles. The number of alkyl halides is 3. The average molecular weight is 222 g/mol. The molecular weight excluding hydrogens is 216 g/mol. The Kier molecular flexibility index (Phi) is 3.09. The van der Waals surface area contributed by atoms with Crippen molar-refractivity contribution < 1.29 is 27.5 Å². The third-order valence-electron chi connectivity index (χ3n) is 1.77. The molecule has 1 rings (SSSR count). The zero-order valence-electron chi connectivity index (χ0n) is 7.25. The van der Waals surface area contributed by atoms with Gasteiger partial charge < -0.3 is 9.90 Å². The van der Waals surface area contributed by atoms with E-state index in [-0.39, 0.29) is 11.8 Å². The molecule has 1 unspecified atom stereocenters. The van der Waals surface area contributed by atoms with Crippen LogP contribution >= 0.6 is 0 Å². The number of halogens is 4. The summed E-state index contributed by atoms with van der Waals surface area (Å²) >= 11 is 0. The summed E-state index contributed by atoms with van der Waals surface area (Å²) in [5.41, 5.74) is -1.79. The summed E-state index contributed by atoms with van der Waals surface area (Å²) in [6.45, 7) is 0. The second kappa shape index (κ2) is 3.98. The number of hydrogen-bond acceptors (Lipinski definition) is 2. The fourth-order valence-electron chi connectivity index (χ4n) is 1.02. The van der Waals surface area contributed by atoms with Crippen LogP contribution in [-0.2, 0) is 11.0 Å². The van der Waals surface area contributed by atoms with Crippen LogP contribution < -0.4 is 0 Å². The van der Waals surface area contributed by atoms with Crippen LogP contribution in [-0.4, -0.2) is 11.4 Å². The Hall–Kier alpha value is -1.43. The van der Waals surface area contributed by atoms with Gasteiger partial charge in [-0.3, -0.25) is 0 Å². The maximum absolute atomic E-state index is 12.7. The third kappa shape index (κ3) is 2.53. The van der Waals surface area contributed by atoms with Crippen molar-refractivity contribution in [2.24, 2.45) is 0 Å². The molecule has 1 aromatic carbocycles. The van der Waals surface area contributed by atoms with Crippen LogP contribution in [0.5, 0.6) is 0 Å². The summed E-state index contributed by atoms with van der Waals surface area (Å²) < 4.78 is 49.3. The maximum Gasteiger partial charge on any atom is 0.419 e. The van der Waals surface area contributed by atoms with E-state index in [2.05, 4.69) is 0 Å². The van der Waals surface area contributed by atoms with E-state index in [1.807, 2.05) is 0 Å². The summed E-state index contributed by atoms with van der Waals surface area (Å²) in [5, 5.41) is 8.95. The van der Waals surface area contributed by atoms with Gasteiger partial charge in [0.25, 0.3) is 0 Å². The van der Waals surface area contributed by atoms with Gasteiger partial charge in [-0.1, -0.05) is 6.07 Å². The van der Waals surface area contributed by atoms with Crippen molar-refractivity contribution in [3.8, 4) is 0 Å². The molecule has 1 aromatic rings. The van der Waals surface area contributed by atoms with Crippen LogP contribution in [0.1, 0.15) is 17.2 Å². The van der Waals surface area contributed by atoms with Gasteiger partial charge in [-0.05, 0) is 17.7 Å². The number of benzene rings is 1. The first kappa shape index (κ1) is 11.6. The smallest absolute Gasteiger partial charge is 0.381 e. The van der Waals surface area contributed by atoms with Gasteiger partial charge in [0, 0.05) is 0 Å². The summed E-state index contributed by atoms with van der Waals surface area (Å²) in [7, 11) is 0. The van der Waals surface area contributed by atoms with Gasteiger partial charge in [0.05, 0.1) is 5.56 Å². The number of aldehydes is 1. The standard InChI is InChI=1S/C9H6F4O2/c10-7-2-1-5(8(15)4-14)3-6(7)9(11,12)13/h1-4,8,15H. The molecule has 0 spiro atoms. The van der Waals surface area contributed by atoms with E-state index in [0.29, 0.717) is 12.1 Å². The minimum Gasteiger partial charge on any atom is -0.381 e. The second-order valence-corrected chi connectivity index (χ2v) is 2.82. The van der Waals surface area contributed by atoms with E-state index in [1.54, 1.807) is 0 Å². The molecule has 0 saturated carbocycles. The van der Waals surface area contributed by atoms with Crippen molar-refractivity contribution in [1.29, 1.82) is 0 Å². The van der Waals surface area contributed by atoms with Crippen molar-refractivity contribution in [2.75, 3.05) is 0 Å². The molecule has 2 nitrogen and oxygen atoms in total. The molecule has 0 fully saturated rings. The van der Waals surface area contributed by atoms with Gasteiger partial charge in [-0.15, -0.1) is 0 Å². The molecule has 0 amide bonds.